The predicted molar refractivity (Wildman–Crippen MR) is 86.0 cm³/mol. The number of carboxylic acid groups (broad SMARTS) is 1. The van der Waals surface area contributed by atoms with E-state index in [0.29, 0.717) is 0 Å². The molecule has 0 bridgehead atoms. The van der Waals surface area contributed by atoms with Gasteiger partial charge in [-0.2, -0.15) is 0 Å². The second-order valence-electron chi connectivity index (χ2n) is 5.62. The first-order valence-corrected chi connectivity index (χ1v) is 7.73. The maximum atomic E-state index is 14.1. The number of aromatic carboxylic acids is 1. The van der Waals surface area contributed by atoms with Crippen LogP contribution >= 0.6 is 0 Å². The minimum absolute atomic E-state index is 0.0200. The molecule has 3 rings (SSSR count). The largest absolute Gasteiger partial charge is 0.494 e. The Balaban J connectivity index is 1.97. The maximum absolute atomic E-state index is 14.1. The first-order chi connectivity index (χ1) is 11.5. The van der Waals surface area contributed by atoms with Gasteiger partial charge in [-0.25, -0.2) is 19.2 Å². The van der Waals surface area contributed by atoms with Crippen LogP contribution < -0.4 is 9.64 Å². The molecule has 0 aliphatic carbocycles. The van der Waals surface area contributed by atoms with Crippen LogP contribution in [-0.4, -0.2) is 34.7 Å². The Morgan fingerprint density at radius 1 is 1.42 bits per heavy atom. The molecule has 0 saturated heterocycles. The normalized spacial score (nSPS) is 16.6. The lowest BCUT2D eigenvalue weighted by Crippen LogP contribution is -2.35. The number of hydrogen-bond donors (Lipinski definition) is 1. The third-order valence-corrected chi connectivity index (χ3v) is 4.32. The molecule has 0 fully saturated rings. The van der Waals surface area contributed by atoms with E-state index in [1.807, 2.05) is 6.92 Å². The summed E-state index contributed by atoms with van der Waals surface area (Å²) >= 11 is 0. The Kier molecular flexibility index (Phi) is 4.33. The fourth-order valence-corrected chi connectivity index (χ4v) is 3.19. The molecule has 0 spiro atoms. The van der Waals surface area contributed by atoms with Gasteiger partial charge in [0.1, 0.15) is 0 Å². The fourth-order valence-electron chi connectivity index (χ4n) is 3.19. The molecule has 6 nitrogen and oxygen atoms in total. The molecule has 24 heavy (non-hydrogen) atoms. The van der Waals surface area contributed by atoms with Crippen molar-refractivity contribution in [1.29, 1.82) is 0 Å². The molecule has 1 aliphatic rings. The second kappa shape index (κ2) is 6.43. The smallest absolute Gasteiger partial charge is 0.373 e. The minimum atomic E-state index is -1.16. The molecule has 126 valence electrons. The fraction of sp³-hybridized carbons (Fsp3) is 0.353. The summed E-state index contributed by atoms with van der Waals surface area (Å²) in [6.07, 6.45) is 4.52. The van der Waals surface area contributed by atoms with Crippen molar-refractivity contribution in [1.82, 2.24) is 9.97 Å². The van der Waals surface area contributed by atoms with E-state index >= 15 is 0 Å². The number of anilines is 1. The van der Waals surface area contributed by atoms with Crippen LogP contribution in [0.4, 0.5) is 10.1 Å². The monoisotopic (exact) mass is 331 g/mol. The van der Waals surface area contributed by atoms with Crippen LogP contribution in [-0.2, 0) is 6.42 Å². The lowest BCUT2D eigenvalue weighted by Gasteiger charge is -2.38. The molecule has 0 saturated carbocycles. The summed E-state index contributed by atoms with van der Waals surface area (Å²) in [7, 11) is 1.46. The molecular weight excluding hydrogens is 313 g/mol. The van der Waals surface area contributed by atoms with Crippen LogP contribution in [0.3, 0.4) is 0 Å². The zero-order valence-corrected chi connectivity index (χ0v) is 13.5. The summed E-state index contributed by atoms with van der Waals surface area (Å²) < 4.78 is 19.2. The highest BCUT2D eigenvalue weighted by Crippen LogP contribution is 2.37. The van der Waals surface area contributed by atoms with E-state index in [1.165, 1.54) is 25.6 Å². The Bertz CT molecular complexity index is 764. The van der Waals surface area contributed by atoms with Crippen LogP contribution in [0.1, 0.15) is 41.1 Å². The molecule has 2 heterocycles. The molecule has 1 atom stereocenters. The van der Waals surface area contributed by atoms with Gasteiger partial charge in [0.2, 0.25) is 5.82 Å². The number of hydrogen-bond acceptors (Lipinski definition) is 5. The highest BCUT2D eigenvalue weighted by Gasteiger charge is 2.28. The molecule has 1 aromatic heterocycles. The number of ether oxygens (including phenoxy) is 1. The zero-order chi connectivity index (χ0) is 17.3. The Morgan fingerprint density at radius 2 is 2.12 bits per heavy atom. The van der Waals surface area contributed by atoms with Crippen molar-refractivity contribution < 1.29 is 19.0 Å². The number of halogens is 1. The lowest BCUT2D eigenvalue weighted by atomic mass is 9.90. The number of benzene rings is 1. The minimum Gasteiger partial charge on any atom is -0.494 e. The predicted octanol–water partition coefficient (Wildman–Crippen LogP) is 2.84. The summed E-state index contributed by atoms with van der Waals surface area (Å²) in [6, 6.07) is 3.27. The van der Waals surface area contributed by atoms with Crippen LogP contribution in [0.5, 0.6) is 5.75 Å². The number of fused-ring (bicyclic) bond motifs is 1. The zero-order valence-electron chi connectivity index (χ0n) is 13.5. The number of rotatable bonds is 4. The first kappa shape index (κ1) is 16.2. The Morgan fingerprint density at radius 3 is 2.71 bits per heavy atom. The van der Waals surface area contributed by atoms with Crippen LogP contribution in [0.15, 0.2) is 24.5 Å². The van der Waals surface area contributed by atoms with E-state index in [4.69, 9.17) is 9.84 Å². The Hall–Kier alpha value is -2.70. The second-order valence-corrected chi connectivity index (χ2v) is 5.62. The molecule has 1 N–H and O–H groups in total. The van der Waals surface area contributed by atoms with Gasteiger partial charge in [0.05, 0.1) is 31.2 Å². The molecule has 7 heteroatoms. The van der Waals surface area contributed by atoms with E-state index in [2.05, 4.69) is 14.9 Å². The highest BCUT2D eigenvalue weighted by atomic mass is 19.1. The van der Waals surface area contributed by atoms with Crippen molar-refractivity contribution in [2.45, 2.75) is 25.8 Å². The maximum Gasteiger partial charge on any atom is 0.373 e. The van der Waals surface area contributed by atoms with E-state index in [1.54, 1.807) is 6.07 Å². The highest BCUT2D eigenvalue weighted by molar-refractivity contribution is 5.83. The average molecular weight is 331 g/mol. The summed E-state index contributed by atoms with van der Waals surface area (Å²) in [4.78, 5) is 20.7. The van der Waals surface area contributed by atoms with Crippen molar-refractivity contribution in [2.24, 2.45) is 0 Å². The van der Waals surface area contributed by atoms with Gasteiger partial charge in [0.25, 0.3) is 0 Å². The van der Waals surface area contributed by atoms with Gasteiger partial charge in [-0.15, -0.1) is 0 Å². The van der Waals surface area contributed by atoms with E-state index in [0.717, 1.165) is 36.2 Å². The van der Waals surface area contributed by atoms with Gasteiger partial charge >= 0.3 is 5.97 Å². The third kappa shape index (κ3) is 2.77. The lowest BCUT2D eigenvalue weighted by molar-refractivity contribution is 0.0683. The van der Waals surface area contributed by atoms with E-state index in [9.17, 15) is 9.18 Å². The quantitative estimate of drug-likeness (QED) is 0.928. The number of aromatic nitrogens is 2. The SMILES string of the molecule is CCC1c2cc(F)c(OC)cc2CCN1c1cnc(C(=O)O)nc1. The summed E-state index contributed by atoms with van der Waals surface area (Å²) in [5.41, 5.74) is 2.72. The van der Waals surface area contributed by atoms with Crippen molar-refractivity contribution in [2.75, 3.05) is 18.6 Å². The van der Waals surface area contributed by atoms with E-state index < -0.39 is 5.97 Å². The molecule has 1 aliphatic heterocycles. The molecule has 1 aromatic carbocycles. The molecular formula is C17H18FN3O3. The van der Waals surface area contributed by atoms with Gasteiger partial charge in [-0.1, -0.05) is 6.92 Å². The molecule has 2 aromatic rings. The topological polar surface area (TPSA) is 75.5 Å². The molecule has 1 unspecified atom stereocenters. The van der Waals surface area contributed by atoms with Crippen molar-refractivity contribution in [3.8, 4) is 5.75 Å². The van der Waals surface area contributed by atoms with E-state index in [-0.39, 0.29) is 23.4 Å². The standard InChI is InChI=1S/C17H18FN3O3/c1-3-14-12-7-13(18)15(24-2)6-10(12)4-5-21(14)11-8-19-16(17(22)23)20-9-11/h6-9,14H,3-5H2,1-2H3,(H,22,23). The van der Waals surface area contributed by atoms with Gasteiger partial charge < -0.3 is 14.7 Å². The summed E-state index contributed by atoms with van der Waals surface area (Å²) in [5, 5.41) is 8.90. The van der Waals surface area contributed by atoms with Crippen molar-refractivity contribution in [3.63, 3.8) is 0 Å². The van der Waals surface area contributed by atoms with Crippen LogP contribution in [0, 0.1) is 5.82 Å². The van der Waals surface area contributed by atoms with Gasteiger partial charge in [-0.05, 0) is 36.1 Å². The first-order valence-electron chi connectivity index (χ1n) is 7.73. The third-order valence-electron chi connectivity index (χ3n) is 4.32. The van der Waals surface area contributed by atoms with Crippen molar-refractivity contribution >= 4 is 11.7 Å². The number of carbonyl (C=O) groups is 1. The summed E-state index contributed by atoms with van der Waals surface area (Å²) in [5.74, 6) is -1.52. The van der Waals surface area contributed by atoms with Crippen LogP contribution in [0.2, 0.25) is 0 Å². The van der Waals surface area contributed by atoms with Gasteiger partial charge in [0, 0.05) is 6.54 Å². The van der Waals surface area contributed by atoms with Gasteiger partial charge in [-0.3, -0.25) is 0 Å². The molecule has 0 amide bonds. The Labute approximate surface area is 138 Å². The number of carboxylic acids is 1. The van der Waals surface area contributed by atoms with Crippen molar-refractivity contribution in [3.05, 3.63) is 47.3 Å². The summed E-state index contributed by atoms with van der Waals surface area (Å²) in [6.45, 7) is 2.75. The average Bonchev–Trinajstić information content (AvgIpc) is 2.60. The number of methoxy groups -OCH3 is 1. The van der Waals surface area contributed by atoms with Crippen LogP contribution in [0.25, 0.3) is 0 Å². The number of nitrogens with zero attached hydrogens (tertiary/aromatic N) is 3. The van der Waals surface area contributed by atoms with Gasteiger partial charge in [0.15, 0.2) is 11.6 Å². The molecule has 0 radical (unpaired) electrons.